The van der Waals surface area contributed by atoms with Crippen LogP contribution in [0, 0.1) is 16.0 Å². The van der Waals surface area contributed by atoms with Crippen LogP contribution in [-0.2, 0) is 14.3 Å². The molecular formula is C17H27NO7. The third kappa shape index (κ3) is 10.7. The maximum absolute atomic E-state index is 11.4. The largest absolute Gasteiger partial charge is 0.516 e. The van der Waals surface area contributed by atoms with Gasteiger partial charge in [0.1, 0.15) is 5.75 Å². The molecule has 0 aliphatic carbocycles. The van der Waals surface area contributed by atoms with Crippen LogP contribution in [0.3, 0.4) is 0 Å². The number of non-ortho nitro benzene ring substituents is 1. The van der Waals surface area contributed by atoms with Crippen LogP contribution in [0.1, 0.15) is 48.5 Å². The number of carbonyl (C=O) groups is 2. The highest BCUT2D eigenvalue weighted by Crippen LogP contribution is 2.18. The molecule has 8 nitrogen and oxygen atoms in total. The number of nitro groups is 1. The molecule has 0 aliphatic rings. The van der Waals surface area contributed by atoms with E-state index in [0.29, 0.717) is 0 Å². The summed E-state index contributed by atoms with van der Waals surface area (Å²) >= 11 is 0. The molecule has 0 spiro atoms. The van der Waals surface area contributed by atoms with Crippen LogP contribution in [0.15, 0.2) is 24.3 Å². The highest BCUT2D eigenvalue weighted by Gasteiger charge is 2.18. The van der Waals surface area contributed by atoms with Gasteiger partial charge in [0.15, 0.2) is 0 Å². The van der Waals surface area contributed by atoms with Crippen molar-refractivity contribution < 1.29 is 28.7 Å². The van der Waals surface area contributed by atoms with E-state index in [1.54, 1.807) is 13.8 Å². The minimum Gasteiger partial charge on any atom is -0.425 e. The van der Waals surface area contributed by atoms with Crippen LogP contribution < -0.4 is 4.74 Å². The number of esters is 1. The van der Waals surface area contributed by atoms with Crippen molar-refractivity contribution in [3.05, 3.63) is 34.4 Å². The van der Waals surface area contributed by atoms with E-state index in [4.69, 9.17) is 14.2 Å². The van der Waals surface area contributed by atoms with Crippen LogP contribution in [-0.4, -0.2) is 23.3 Å². The average Bonchev–Trinajstić information content (AvgIpc) is 2.58. The van der Waals surface area contributed by atoms with Crippen LogP contribution in [0.4, 0.5) is 10.5 Å². The Morgan fingerprint density at radius 1 is 0.960 bits per heavy atom. The second-order valence-corrected chi connectivity index (χ2v) is 4.38. The molecule has 0 aliphatic heterocycles. The maximum Gasteiger partial charge on any atom is 0.516 e. The number of nitrogens with zero attached hydrogens (tertiary/aromatic N) is 1. The lowest BCUT2D eigenvalue weighted by Crippen LogP contribution is -2.25. The number of hydrogen-bond donors (Lipinski definition) is 0. The molecule has 0 amide bonds. The van der Waals surface area contributed by atoms with Gasteiger partial charge in [0, 0.05) is 19.1 Å². The van der Waals surface area contributed by atoms with E-state index in [2.05, 4.69) is 0 Å². The van der Waals surface area contributed by atoms with Crippen molar-refractivity contribution in [3.63, 3.8) is 0 Å². The molecule has 1 atom stereocenters. The topological polar surface area (TPSA) is 105 Å². The molecule has 0 radical (unpaired) electrons. The number of carbonyl (C=O) groups excluding carboxylic acids is 2. The summed E-state index contributed by atoms with van der Waals surface area (Å²) in [5.41, 5.74) is -0.130. The van der Waals surface area contributed by atoms with Gasteiger partial charge >= 0.3 is 12.1 Å². The average molecular weight is 357 g/mol. The van der Waals surface area contributed by atoms with Gasteiger partial charge in [0.25, 0.3) is 5.69 Å². The monoisotopic (exact) mass is 357 g/mol. The summed E-state index contributed by atoms with van der Waals surface area (Å²) in [5.74, 6) is -0.777. The molecule has 0 N–H and O–H groups in total. The Kier molecular flexibility index (Phi) is 13.6. The van der Waals surface area contributed by atoms with Crippen LogP contribution >= 0.6 is 0 Å². The van der Waals surface area contributed by atoms with E-state index in [-0.39, 0.29) is 17.4 Å². The Balaban J connectivity index is 0. The third-order valence-electron chi connectivity index (χ3n) is 2.26. The Morgan fingerprint density at radius 3 is 1.84 bits per heavy atom. The van der Waals surface area contributed by atoms with Crippen LogP contribution in [0.25, 0.3) is 0 Å². The molecule has 0 fully saturated rings. The summed E-state index contributed by atoms with van der Waals surface area (Å²) < 4.78 is 14.3. The zero-order chi connectivity index (χ0) is 20.0. The second kappa shape index (κ2) is 13.8. The fourth-order valence-electron chi connectivity index (χ4n) is 1.22. The van der Waals surface area contributed by atoms with Crippen LogP contribution in [0.5, 0.6) is 5.75 Å². The van der Waals surface area contributed by atoms with Gasteiger partial charge in [-0.25, -0.2) is 4.79 Å². The fourth-order valence-corrected chi connectivity index (χ4v) is 1.22. The van der Waals surface area contributed by atoms with Gasteiger partial charge in [0.2, 0.25) is 6.29 Å². The smallest absolute Gasteiger partial charge is 0.425 e. The minimum atomic E-state index is -1.09. The Hall–Kier alpha value is -2.64. The van der Waals surface area contributed by atoms with Gasteiger partial charge < -0.3 is 14.2 Å². The van der Waals surface area contributed by atoms with Gasteiger partial charge in [-0.05, 0) is 12.1 Å². The zero-order valence-electron chi connectivity index (χ0n) is 15.8. The second-order valence-electron chi connectivity index (χ2n) is 4.38. The first-order valence-corrected chi connectivity index (χ1v) is 8.13. The zero-order valence-corrected chi connectivity index (χ0v) is 15.8. The molecule has 8 heteroatoms. The van der Waals surface area contributed by atoms with E-state index in [1.165, 1.54) is 31.2 Å². The predicted molar refractivity (Wildman–Crippen MR) is 93.3 cm³/mol. The number of ether oxygens (including phenoxy) is 3. The van der Waals surface area contributed by atoms with Gasteiger partial charge in [-0.2, -0.15) is 0 Å². The molecule has 142 valence electrons. The summed E-state index contributed by atoms with van der Waals surface area (Å²) in [6, 6.07) is 4.88. The van der Waals surface area contributed by atoms with Crippen molar-refractivity contribution in [1.82, 2.24) is 0 Å². The van der Waals surface area contributed by atoms with Crippen molar-refractivity contribution in [1.29, 1.82) is 0 Å². The summed E-state index contributed by atoms with van der Waals surface area (Å²) in [6.07, 6.45) is -2.17. The van der Waals surface area contributed by atoms with Crippen molar-refractivity contribution in [2.45, 2.75) is 54.8 Å². The third-order valence-corrected chi connectivity index (χ3v) is 2.26. The standard InChI is InChI=1S/C13H15NO7.2C2H6/c1-8(2)12(15)19-9(3)20-13(16)21-11-6-4-10(5-7-11)14(17)18;2*1-2/h4-9H,1-3H3;2*1-2H3. The molecule has 0 bridgehead atoms. The van der Waals surface area contributed by atoms with E-state index in [1.807, 2.05) is 27.7 Å². The maximum atomic E-state index is 11.4. The van der Waals surface area contributed by atoms with Crippen molar-refractivity contribution in [2.24, 2.45) is 5.92 Å². The first kappa shape index (κ1) is 24.6. The lowest BCUT2D eigenvalue weighted by atomic mass is 10.2. The Morgan fingerprint density at radius 2 is 1.44 bits per heavy atom. The van der Waals surface area contributed by atoms with Gasteiger partial charge in [-0.3, -0.25) is 14.9 Å². The highest BCUT2D eigenvalue weighted by molar-refractivity contribution is 5.72. The first-order valence-electron chi connectivity index (χ1n) is 8.13. The van der Waals surface area contributed by atoms with E-state index in [9.17, 15) is 19.7 Å². The van der Waals surface area contributed by atoms with E-state index >= 15 is 0 Å². The number of hydrogen-bond acceptors (Lipinski definition) is 7. The van der Waals surface area contributed by atoms with Gasteiger partial charge in [-0.15, -0.1) is 0 Å². The molecule has 1 rings (SSSR count). The normalized spacial score (nSPS) is 10.2. The summed E-state index contributed by atoms with van der Waals surface area (Å²) in [4.78, 5) is 32.6. The summed E-state index contributed by atoms with van der Waals surface area (Å²) in [5, 5.41) is 10.5. The minimum absolute atomic E-state index is 0.0768. The van der Waals surface area contributed by atoms with Gasteiger partial charge in [0.05, 0.1) is 10.8 Å². The first-order chi connectivity index (χ1) is 11.8. The van der Waals surface area contributed by atoms with Crippen molar-refractivity contribution in [3.8, 4) is 5.75 Å². The lowest BCUT2D eigenvalue weighted by molar-refractivity contribution is -0.384. The predicted octanol–water partition coefficient (Wildman–Crippen LogP) is 4.71. The van der Waals surface area contributed by atoms with Gasteiger partial charge in [-0.1, -0.05) is 41.5 Å². The molecule has 0 heterocycles. The van der Waals surface area contributed by atoms with Crippen molar-refractivity contribution >= 4 is 17.8 Å². The molecule has 1 aromatic rings. The Bertz CT molecular complexity index is 526. The molecular weight excluding hydrogens is 330 g/mol. The number of benzene rings is 1. The molecule has 1 aromatic carbocycles. The Labute approximate surface area is 148 Å². The molecule has 0 aromatic heterocycles. The summed E-state index contributed by atoms with van der Waals surface area (Å²) in [6.45, 7) is 12.7. The molecule has 1 unspecified atom stereocenters. The SMILES string of the molecule is CC.CC.CC(OC(=O)Oc1ccc([N+](=O)[O-])cc1)OC(=O)C(C)C. The van der Waals surface area contributed by atoms with Crippen LogP contribution in [0.2, 0.25) is 0 Å². The molecule has 0 saturated heterocycles. The fraction of sp³-hybridized carbons (Fsp3) is 0.529. The summed E-state index contributed by atoms with van der Waals surface area (Å²) in [7, 11) is 0. The quantitative estimate of drug-likeness (QED) is 0.247. The number of nitro benzene ring substituents is 1. The van der Waals surface area contributed by atoms with Crippen molar-refractivity contribution in [2.75, 3.05) is 0 Å². The van der Waals surface area contributed by atoms with E-state index < -0.39 is 23.3 Å². The lowest BCUT2D eigenvalue weighted by Gasteiger charge is -2.14. The molecule has 25 heavy (non-hydrogen) atoms. The number of rotatable bonds is 5. The highest BCUT2D eigenvalue weighted by atomic mass is 16.8. The molecule has 0 saturated carbocycles. The van der Waals surface area contributed by atoms with E-state index in [0.717, 1.165) is 0 Å².